The number of anilines is 2. The van der Waals surface area contributed by atoms with Gasteiger partial charge in [0.05, 0.1) is 5.52 Å². The molecule has 3 aromatic carbocycles. The van der Waals surface area contributed by atoms with Crippen molar-refractivity contribution in [3.05, 3.63) is 83.7 Å². The van der Waals surface area contributed by atoms with Crippen molar-refractivity contribution in [3.8, 4) is 11.5 Å². The van der Waals surface area contributed by atoms with E-state index < -0.39 is 0 Å². The molecule has 0 saturated heterocycles. The van der Waals surface area contributed by atoms with Crippen LogP contribution in [-0.2, 0) is 0 Å². The summed E-state index contributed by atoms with van der Waals surface area (Å²) in [5, 5.41) is 4.42. The number of rotatable bonds is 4. The van der Waals surface area contributed by atoms with E-state index in [1.807, 2.05) is 55.5 Å². The van der Waals surface area contributed by atoms with E-state index in [4.69, 9.17) is 4.74 Å². The molecule has 0 bridgehead atoms. The van der Waals surface area contributed by atoms with Crippen LogP contribution in [0.3, 0.4) is 0 Å². The minimum atomic E-state index is 0.789. The predicted octanol–water partition coefficient (Wildman–Crippen LogP) is 6.09. The van der Waals surface area contributed by atoms with Gasteiger partial charge in [0.25, 0.3) is 0 Å². The molecule has 27 heavy (non-hydrogen) atoms. The lowest BCUT2D eigenvalue weighted by Crippen LogP contribution is -1.98. The molecule has 1 heterocycles. The summed E-state index contributed by atoms with van der Waals surface area (Å²) in [4.78, 5) is 8.84. The Morgan fingerprint density at radius 3 is 2.37 bits per heavy atom. The molecule has 4 heteroatoms. The third-order valence-electron chi connectivity index (χ3n) is 4.67. The smallest absolute Gasteiger partial charge is 0.141 e. The monoisotopic (exact) mass is 355 g/mol. The molecule has 1 N–H and O–H groups in total. The number of hydrogen-bond acceptors (Lipinski definition) is 4. The topological polar surface area (TPSA) is 47.0 Å². The number of aromatic nitrogens is 2. The van der Waals surface area contributed by atoms with Crippen molar-refractivity contribution in [1.82, 2.24) is 9.97 Å². The zero-order valence-corrected chi connectivity index (χ0v) is 15.7. The third kappa shape index (κ3) is 3.60. The largest absolute Gasteiger partial charge is 0.457 e. The second-order valence-corrected chi connectivity index (χ2v) is 6.70. The van der Waals surface area contributed by atoms with Crippen LogP contribution in [0.1, 0.15) is 16.7 Å². The van der Waals surface area contributed by atoms with Gasteiger partial charge in [-0.25, -0.2) is 9.97 Å². The predicted molar refractivity (Wildman–Crippen MR) is 110 cm³/mol. The van der Waals surface area contributed by atoms with Gasteiger partial charge in [-0.2, -0.15) is 0 Å². The third-order valence-corrected chi connectivity index (χ3v) is 4.67. The highest BCUT2D eigenvalue weighted by Crippen LogP contribution is 2.31. The van der Waals surface area contributed by atoms with Gasteiger partial charge >= 0.3 is 0 Å². The summed E-state index contributed by atoms with van der Waals surface area (Å²) in [6.07, 6.45) is 1.59. The summed E-state index contributed by atoms with van der Waals surface area (Å²) >= 11 is 0. The van der Waals surface area contributed by atoms with Crippen LogP contribution >= 0.6 is 0 Å². The first-order valence-electron chi connectivity index (χ1n) is 8.93. The standard InChI is InChI=1S/C23H21N3O/c1-15-9-10-18(13-22(15)27-19-7-5-4-6-8-19)26-23-20-11-16(2)17(3)12-21(20)24-14-25-23/h4-14H,1-3H3,(H,24,25,26). The molecular formula is C23H21N3O. The second-order valence-electron chi connectivity index (χ2n) is 6.70. The Balaban J connectivity index is 1.68. The van der Waals surface area contributed by atoms with Crippen molar-refractivity contribution in [2.24, 2.45) is 0 Å². The van der Waals surface area contributed by atoms with Crippen molar-refractivity contribution in [2.45, 2.75) is 20.8 Å². The van der Waals surface area contributed by atoms with Gasteiger partial charge in [-0.05, 0) is 67.8 Å². The van der Waals surface area contributed by atoms with Gasteiger partial charge < -0.3 is 10.1 Å². The highest BCUT2D eigenvalue weighted by molar-refractivity contribution is 5.91. The highest BCUT2D eigenvalue weighted by Gasteiger charge is 2.08. The lowest BCUT2D eigenvalue weighted by atomic mass is 10.1. The van der Waals surface area contributed by atoms with Crippen molar-refractivity contribution < 1.29 is 4.74 Å². The molecule has 0 saturated carbocycles. The van der Waals surface area contributed by atoms with Crippen molar-refractivity contribution >= 4 is 22.4 Å². The Kier molecular flexibility index (Phi) is 4.47. The molecule has 4 nitrogen and oxygen atoms in total. The lowest BCUT2D eigenvalue weighted by Gasteiger charge is -2.13. The van der Waals surface area contributed by atoms with Crippen molar-refractivity contribution in [3.63, 3.8) is 0 Å². The van der Waals surface area contributed by atoms with E-state index in [-0.39, 0.29) is 0 Å². The van der Waals surface area contributed by atoms with Gasteiger partial charge in [-0.15, -0.1) is 0 Å². The first-order chi connectivity index (χ1) is 13.1. The minimum absolute atomic E-state index is 0.789. The molecule has 0 aliphatic carbocycles. The average molecular weight is 355 g/mol. The fraction of sp³-hybridized carbons (Fsp3) is 0.130. The molecule has 0 spiro atoms. The normalized spacial score (nSPS) is 10.8. The first kappa shape index (κ1) is 17.0. The van der Waals surface area contributed by atoms with Crippen LogP contribution in [0.5, 0.6) is 11.5 Å². The Hall–Kier alpha value is -3.40. The Morgan fingerprint density at radius 2 is 1.56 bits per heavy atom. The SMILES string of the molecule is Cc1cc2ncnc(Nc3ccc(C)c(Oc4ccccc4)c3)c2cc1C. The van der Waals surface area contributed by atoms with Crippen LogP contribution in [0.2, 0.25) is 0 Å². The number of ether oxygens (including phenoxy) is 1. The zero-order chi connectivity index (χ0) is 18.8. The van der Waals surface area contributed by atoms with Crippen LogP contribution in [0.25, 0.3) is 10.9 Å². The molecule has 0 aliphatic heterocycles. The van der Waals surface area contributed by atoms with Crippen LogP contribution in [0, 0.1) is 20.8 Å². The van der Waals surface area contributed by atoms with Crippen LogP contribution < -0.4 is 10.1 Å². The van der Waals surface area contributed by atoms with Crippen LogP contribution in [0.15, 0.2) is 67.0 Å². The summed E-state index contributed by atoms with van der Waals surface area (Å²) in [6, 6.07) is 20.1. The molecule has 0 aliphatic rings. The van der Waals surface area contributed by atoms with E-state index in [2.05, 4.69) is 41.3 Å². The number of fused-ring (bicyclic) bond motifs is 1. The summed E-state index contributed by atoms with van der Waals surface area (Å²) < 4.78 is 6.04. The minimum Gasteiger partial charge on any atom is -0.457 e. The molecule has 0 radical (unpaired) electrons. The first-order valence-corrected chi connectivity index (χ1v) is 8.93. The maximum atomic E-state index is 6.04. The molecular weight excluding hydrogens is 334 g/mol. The molecule has 0 atom stereocenters. The van der Waals surface area contributed by atoms with E-state index in [1.165, 1.54) is 11.1 Å². The Labute approximate surface area is 158 Å². The fourth-order valence-electron chi connectivity index (χ4n) is 2.96. The number of para-hydroxylation sites is 1. The van der Waals surface area contributed by atoms with Gasteiger partial charge in [-0.3, -0.25) is 0 Å². The molecule has 134 valence electrons. The van der Waals surface area contributed by atoms with Gasteiger partial charge in [0.15, 0.2) is 0 Å². The van der Waals surface area contributed by atoms with E-state index in [1.54, 1.807) is 6.33 Å². The molecule has 0 amide bonds. The Bertz CT molecular complexity index is 1110. The summed E-state index contributed by atoms with van der Waals surface area (Å²) in [5.41, 5.74) is 5.37. The van der Waals surface area contributed by atoms with Gasteiger partial charge in [-0.1, -0.05) is 24.3 Å². The van der Waals surface area contributed by atoms with E-state index in [0.717, 1.165) is 39.5 Å². The maximum absolute atomic E-state index is 6.04. The van der Waals surface area contributed by atoms with Crippen LogP contribution in [0.4, 0.5) is 11.5 Å². The number of aryl methyl sites for hydroxylation is 3. The van der Waals surface area contributed by atoms with Crippen LogP contribution in [-0.4, -0.2) is 9.97 Å². The van der Waals surface area contributed by atoms with Gasteiger partial charge in [0.1, 0.15) is 23.6 Å². The lowest BCUT2D eigenvalue weighted by molar-refractivity contribution is 0.479. The summed E-state index contributed by atoms with van der Waals surface area (Å²) in [6.45, 7) is 6.23. The molecule has 4 rings (SSSR count). The van der Waals surface area contributed by atoms with E-state index >= 15 is 0 Å². The molecule has 1 aromatic heterocycles. The van der Waals surface area contributed by atoms with Gasteiger partial charge in [0, 0.05) is 17.1 Å². The molecule has 0 unspecified atom stereocenters. The fourth-order valence-corrected chi connectivity index (χ4v) is 2.96. The van der Waals surface area contributed by atoms with E-state index in [0.29, 0.717) is 0 Å². The second kappa shape index (κ2) is 7.08. The van der Waals surface area contributed by atoms with Crippen molar-refractivity contribution in [1.29, 1.82) is 0 Å². The summed E-state index contributed by atoms with van der Waals surface area (Å²) in [7, 11) is 0. The summed E-state index contributed by atoms with van der Waals surface area (Å²) in [5.74, 6) is 2.42. The number of nitrogens with one attached hydrogen (secondary N) is 1. The van der Waals surface area contributed by atoms with Gasteiger partial charge in [0.2, 0.25) is 0 Å². The quantitative estimate of drug-likeness (QED) is 0.481. The number of nitrogens with zero attached hydrogens (tertiary/aromatic N) is 2. The highest BCUT2D eigenvalue weighted by atomic mass is 16.5. The Morgan fingerprint density at radius 1 is 0.778 bits per heavy atom. The average Bonchev–Trinajstić information content (AvgIpc) is 2.67. The van der Waals surface area contributed by atoms with E-state index in [9.17, 15) is 0 Å². The van der Waals surface area contributed by atoms with Crippen molar-refractivity contribution in [2.75, 3.05) is 5.32 Å². The maximum Gasteiger partial charge on any atom is 0.141 e. The molecule has 4 aromatic rings. The zero-order valence-electron chi connectivity index (χ0n) is 15.7. The number of benzene rings is 3. The molecule has 0 fully saturated rings. The number of hydrogen-bond donors (Lipinski definition) is 1.